The molecule has 32 heavy (non-hydrogen) atoms. The van der Waals surface area contributed by atoms with Crippen LogP contribution in [0.1, 0.15) is 36.8 Å². The number of hydrogen-bond donors (Lipinski definition) is 2. The molecule has 1 amide bonds. The van der Waals surface area contributed by atoms with Gasteiger partial charge in [0.05, 0.1) is 19.8 Å². The van der Waals surface area contributed by atoms with Gasteiger partial charge in [0.2, 0.25) is 0 Å². The van der Waals surface area contributed by atoms with Crippen molar-refractivity contribution < 1.29 is 23.8 Å². The summed E-state index contributed by atoms with van der Waals surface area (Å²) in [5.41, 5.74) is 3.53. The maximum absolute atomic E-state index is 12.9. The van der Waals surface area contributed by atoms with E-state index >= 15 is 0 Å². The molecule has 2 fully saturated rings. The molecule has 2 aromatic carbocycles. The highest BCUT2D eigenvalue weighted by molar-refractivity contribution is 5.86. The van der Waals surface area contributed by atoms with Crippen LogP contribution in [-0.4, -0.2) is 56.1 Å². The lowest BCUT2D eigenvalue weighted by atomic mass is 9.80. The molecule has 0 spiro atoms. The topological polar surface area (TPSA) is 85.9 Å². The normalized spacial score (nSPS) is 26.0. The molecule has 3 aliphatic rings. The van der Waals surface area contributed by atoms with E-state index in [2.05, 4.69) is 34.9 Å². The first-order valence-electron chi connectivity index (χ1n) is 11.2. The Hall–Kier alpha value is -2.90. The Morgan fingerprint density at radius 3 is 2.19 bits per heavy atom. The summed E-state index contributed by atoms with van der Waals surface area (Å²) in [5, 5.41) is 6.34. The van der Waals surface area contributed by atoms with Gasteiger partial charge < -0.3 is 24.8 Å². The number of carbonyl (C=O) groups is 2. The smallest absolute Gasteiger partial charge is 0.408 e. The number of esters is 1. The number of amides is 1. The molecule has 2 aromatic rings. The Labute approximate surface area is 187 Å². The Balaban J connectivity index is 1.32. The lowest BCUT2D eigenvalue weighted by molar-refractivity contribution is -0.155. The molecule has 2 unspecified atom stereocenters. The maximum Gasteiger partial charge on any atom is 0.408 e. The summed E-state index contributed by atoms with van der Waals surface area (Å²) < 4.78 is 16.6. The van der Waals surface area contributed by atoms with E-state index in [1.165, 1.54) is 11.1 Å². The van der Waals surface area contributed by atoms with Crippen LogP contribution in [-0.2, 0) is 19.0 Å². The minimum atomic E-state index is -1.11. The summed E-state index contributed by atoms with van der Waals surface area (Å²) in [4.78, 5) is 25.8. The van der Waals surface area contributed by atoms with Crippen LogP contribution in [0.4, 0.5) is 4.79 Å². The van der Waals surface area contributed by atoms with Gasteiger partial charge in [-0.2, -0.15) is 0 Å². The monoisotopic (exact) mass is 436 g/mol. The van der Waals surface area contributed by atoms with Gasteiger partial charge in [-0.1, -0.05) is 48.5 Å². The molecule has 0 aromatic heterocycles. The van der Waals surface area contributed by atoms with Crippen molar-refractivity contribution in [1.29, 1.82) is 0 Å². The number of fused-ring (bicyclic) bond motifs is 5. The van der Waals surface area contributed by atoms with Crippen LogP contribution in [0.25, 0.3) is 11.1 Å². The summed E-state index contributed by atoms with van der Waals surface area (Å²) in [6.45, 7) is 3.23. The average molecular weight is 437 g/mol. The van der Waals surface area contributed by atoms with Crippen LogP contribution < -0.4 is 10.6 Å². The van der Waals surface area contributed by atoms with E-state index in [-0.39, 0.29) is 31.2 Å². The van der Waals surface area contributed by atoms with E-state index < -0.39 is 17.6 Å². The third-order valence-corrected chi connectivity index (χ3v) is 6.65. The average Bonchev–Trinajstić information content (AvgIpc) is 3.11. The number of nitrogens with one attached hydrogen (secondary N) is 2. The molecule has 0 saturated carbocycles. The first-order valence-corrected chi connectivity index (χ1v) is 11.2. The van der Waals surface area contributed by atoms with Gasteiger partial charge in [-0.15, -0.1) is 0 Å². The zero-order valence-corrected chi connectivity index (χ0v) is 18.1. The first kappa shape index (κ1) is 21.0. The molecule has 7 heteroatoms. The molecule has 2 aliphatic heterocycles. The van der Waals surface area contributed by atoms with Gasteiger partial charge in [0.1, 0.15) is 12.1 Å². The summed E-state index contributed by atoms with van der Waals surface area (Å²) >= 11 is 0. The standard InChI is InChI=1S/C25H28N2O5/c1-2-31-23(28)25(11-16-13-30-14-17(12-25)26-16)27-24(29)32-15-22-20-9-5-3-7-18(20)19-8-4-6-10-21(19)22/h3-10,16-17,22,26H,2,11-15H2,1H3,(H,27,29). The number of piperidine rings is 1. The summed E-state index contributed by atoms with van der Waals surface area (Å²) in [5.74, 6) is -0.445. The molecule has 5 rings (SSSR count). The molecule has 2 bridgehead atoms. The van der Waals surface area contributed by atoms with Crippen molar-refractivity contribution in [2.75, 3.05) is 26.4 Å². The highest BCUT2D eigenvalue weighted by Crippen LogP contribution is 2.44. The van der Waals surface area contributed by atoms with Gasteiger partial charge in [0.15, 0.2) is 0 Å². The van der Waals surface area contributed by atoms with Gasteiger partial charge in [0, 0.05) is 18.0 Å². The molecule has 2 heterocycles. The largest absolute Gasteiger partial charge is 0.464 e. The lowest BCUT2D eigenvalue weighted by Crippen LogP contribution is -2.68. The van der Waals surface area contributed by atoms with Crippen molar-refractivity contribution in [2.45, 2.75) is 43.3 Å². The second-order valence-electron chi connectivity index (χ2n) is 8.76. The van der Waals surface area contributed by atoms with Crippen LogP contribution in [0.15, 0.2) is 48.5 Å². The van der Waals surface area contributed by atoms with Crippen LogP contribution in [0, 0.1) is 0 Å². The minimum Gasteiger partial charge on any atom is -0.464 e. The van der Waals surface area contributed by atoms with Gasteiger partial charge in [0.25, 0.3) is 0 Å². The van der Waals surface area contributed by atoms with Crippen molar-refractivity contribution in [3.05, 3.63) is 59.7 Å². The highest BCUT2D eigenvalue weighted by atomic mass is 16.6. The molecule has 2 saturated heterocycles. The predicted octanol–water partition coefficient (Wildman–Crippen LogP) is 2.98. The third-order valence-electron chi connectivity index (χ3n) is 6.65. The highest BCUT2D eigenvalue weighted by Gasteiger charge is 2.50. The van der Waals surface area contributed by atoms with Crippen LogP contribution in [0.2, 0.25) is 0 Å². The van der Waals surface area contributed by atoms with E-state index in [1.807, 2.05) is 24.3 Å². The SMILES string of the molecule is CCOC(=O)C1(NC(=O)OCC2c3ccccc3-c3ccccc32)CC2COCC(C1)N2. The van der Waals surface area contributed by atoms with Crippen LogP contribution in [0.3, 0.4) is 0 Å². The van der Waals surface area contributed by atoms with Crippen molar-refractivity contribution >= 4 is 12.1 Å². The van der Waals surface area contributed by atoms with Crippen LogP contribution >= 0.6 is 0 Å². The Morgan fingerprint density at radius 1 is 1.00 bits per heavy atom. The van der Waals surface area contributed by atoms with E-state index in [4.69, 9.17) is 14.2 Å². The lowest BCUT2D eigenvalue weighted by Gasteiger charge is -2.45. The van der Waals surface area contributed by atoms with Gasteiger partial charge in [-0.3, -0.25) is 0 Å². The molecule has 7 nitrogen and oxygen atoms in total. The Kier molecular flexibility index (Phi) is 5.61. The molecular weight excluding hydrogens is 408 g/mol. The number of rotatable bonds is 5. The number of ether oxygens (including phenoxy) is 3. The van der Waals surface area contributed by atoms with E-state index in [0.717, 1.165) is 11.1 Å². The van der Waals surface area contributed by atoms with E-state index in [0.29, 0.717) is 26.1 Å². The summed E-state index contributed by atoms with van der Waals surface area (Å²) in [6.07, 6.45) is 0.222. The zero-order valence-electron chi connectivity index (χ0n) is 18.1. The van der Waals surface area contributed by atoms with Gasteiger partial charge >= 0.3 is 12.1 Å². The van der Waals surface area contributed by atoms with Crippen molar-refractivity contribution in [3.8, 4) is 11.1 Å². The third kappa shape index (κ3) is 3.76. The fourth-order valence-electron chi connectivity index (χ4n) is 5.36. The summed E-state index contributed by atoms with van der Waals surface area (Å²) in [6, 6.07) is 16.4. The number of benzene rings is 2. The fourth-order valence-corrected chi connectivity index (χ4v) is 5.36. The molecule has 2 N–H and O–H groups in total. The van der Waals surface area contributed by atoms with Crippen molar-refractivity contribution in [1.82, 2.24) is 10.6 Å². The van der Waals surface area contributed by atoms with Gasteiger partial charge in [-0.25, -0.2) is 9.59 Å². The zero-order chi connectivity index (χ0) is 22.1. The maximum atomic E-state index is 12.9. The van der Waals surface area contributed by atoms with E-state index in [1.54, 1.807) is 6.92 Å². The van der Waals surface area contributed by atoms with E-state index in [9.17, 15) is 9.59 Å². The second kappa shape index (κ2) is 8.56. The molecule has 0 radical (unpaired) electrons. The Bertz CT molecular complexity index is 965. The summed E-state index contributed by atoms with van der Waals surface area (Å²) in [7, 11) is 0. The second-order valence-corrected chi connectivity index (χ2v) is 8.76. The fraction of sp³-hybridized carbons (Fsp3) is 0.440. The molecule has 1 aliphatic carbocycles. The first-order chi connectivity index (χ1) is 15.6. The number of hydrogen-bond acceptors (Lipinski definition) is 6. The Morgan fingerprint density at radius 2 is 1.59 bits per heavy atom. The van der Waals surface area contributed by atoms with Crippen molar-refractivity contribution in [3.63, 3.8) is 0 Å². The van der Waals surface area contributed by atoms with Gasteiger partial charge in [-0.05, 0) is 42.0 Å². The molecular formula is C25H28N2O5. The number of alkyl carbamates (subject to hydrolysis) is 1. The minimum absolute atomic E-state index is 0.0132. The van der Waals surface area contributed by atoms with Crippen molar-refractivity contribution in [2.24, 2.45) is 0 Å². The number of carbonyl (C=O) groups excluding carboxylic acids is 2. The quantitative estimate of drug-likeness (QED) is 0.701. The van der Waals surface area contributed by atoms with Crippen LogP contribution in [0.5, 0.6) is 0 Å². The predicted molar refractivity (Wildman–Crippen MR) is 118 cm³/mol. The number of morpholine rings is 1. The molecule has 2 atom stereocenters. The molecule has 168 valence electrons.